The number of hydrogen-bond acceptors (Lipinski definition) is 5. The van der Waals surface area contributed by atoms with E-state index in [-0.39, 0.29) is 11.3 Å². The van der Waals surface area contributed by atoms with Crippen LogP contribution in [0, 0.1) is 10.1 Å². The lowest BCUT2D eigenvalue weighted by Gasteiger charge is -2.21. The van der Waals surface area contributed by atoms with E-state index in [0.717, 1.165) is 18.2 Å². The molecular formula is C16H13F2NO5. The summed E-state index contributed by atoms with van der Waals surface area (Å²) in [4.78, 5) is 22.1. The molecule has 0 saturated carbocycles. The summed E-state index contributed by atoms with van der Waals surface area (Å²) >= 11 is 0. The highest BCUT2D eigenvalue weighted by Gasteiger charge is 2.47. The van der Waals surface area contributed by atoms with Crippen molar-refractivity contribution in [2.45, 2.75) is 12.0 Å². The summed E-state index contributed by atoms with van der Waals surface area (Å²) < 4.78 is 33.4. The van der Waals surface area contributed by atoms with Crippen LogP contribution >= 0.6 is 0 Å². The number of benzene rings is 2. The number of nitro groups is 1. The van der Waals surface area contributed by atoms with Crippen LogP contribution in [-0.4, -0.2) is 28.8 Å². The zero-order valence-corrected chi connectivity index (χ0v) is 12.5. The molecule has 0 bridgehead atoms. The zero-order chi connectivity index (χ0) is 17.9. The maximum Gasteiger partial charge on any atom is 0.339 e. The average molecular weight is 337 g/mol. The molecule has 0 aromatic heterocycles. The van der Waals surface area contributed by atoms with E-state index < -0.39 is 34.0 Å². The molecule has 0 aliphatic heterocycles. The lowest BCUT2D eigenvalue weighted by molar-refractivity contribution is -0.385. The third-order valence-electron chi connectivity index (χ3n) is 3.40. The highest BCUT2D eigenvalue weighted by Crippen LogP contribution is 2.37. The maximum atomic E-state index is 14.3. The third-order valence-corrected chi connectivity index (χ3v) is 3.40. The van der Waals surface area contributed by atoms with Crippen LogP contribution < -0.4 is 4.74 Å². The fourth-order valence-electron chi connectivity index (χ4n) is 2.14. The predicted molar refractivity (Wildman–Crippen MR) is 80.3 cm³/mol. The first-order valence-corrected chi connectivity index (χ1v) is 6.77. The van der Waals surface area contributed by atoms with Gasteiger partial charge < -0.3 is 9.84 Å². The minimum atomic E-state index is -4.15. The molecule has 1 atom stereocenters. The van der Waals surface area contributed by atoms with Gasteiger partial charge in [0.1, 0.15) is 0 Å². The highest BCUT2D eigenvalue weighted by molar-refractivity contribution is 6.01. The number of nitro benzene ring substituents is 1. The first-order chi connectivity index (χ1) is 11.3. The summed E-state index contributed by atoms with van der Waals surface area (Å²) in [5.41, 5.74) is -1.32. The molecule has 6 nitrogen and oxygen atoms in total. The van der Waals surface area contributed by atoms with Crippen LogP contribution in [0.5, 0.6) is 5.75 Å². The van der Waals surface area contributed by atoms with Crippen molar-refractivity contribution in [1.29, 1.82) is 0 Å². The number of aliphatic hydroxyl groups is 1. The fourth-order valence-corrected chi connectivity index (χ4v) is 2.14. The van der Waals surface area contributed by atoms with Gasteiger partial charge in [-0.25, -0.2) is 0 Å². The van der Waals surface area contributed by atoms with Crippen LogP contribution in [0.4, 0.5) is 14.5 Å². The van der Waals surface area contributed by atoms with E-state index in [1.807, 2.05) is 0 Å². The molecule has 0 heterocycles. The Morgan fingerprint density at radius 3 is 2.42 bits per heavy atom. The van der Waals surface area contributed by atoms with Gasteiger partial charge in [0.05, 0.1) is 12.0 Å². The molecule has 126 valence electrons. The minimum Gasteiger partial charge on any atom is -0.490 e. The number of alkyl halides is 2. The van der Waals surface area contributed by atoms with Gasteiger partial charge in [0.15, 0.2) is 11.9 Å². The lowest BCUT2D eigenvalue weighted by atomic mass is 9.96. The Morgan fingerprint density at radius 2 is 1.88 bits per heavy atom. The Hall–Kier alpha value is -2.87. The Kier molecular flexibility index (Phi) is 4.89. The number of ketones is 1. The standard InChI is InChI=1S/C16H13F2NO5/c1-24-13-8-7-11(9-12(13)19(22)23)15(21)16(17,18)14(20)10-5-3-2-4-6-10/h2-9,15,21H,1H3. The first kappa shape index (κ1) is 17.5. The summed E-state index contributed by atoms with van der Waals surface area (Å²) in [5, 5.41) is 20.9. The smallest absolute Gasteiger partial charge is 0.339 e. The predicted octanol–water partition coefficient (Wildman–Crippen LogP) is 3.16. The molecule has 2 aromatic rings. The van der Waals surface area contributed by atoms with Crippen molar-refractivity contribution >= 4 is 11.5 Å². The second-order valence-corrected chi connectivity index (χ2v) is 4.91. The SMILES string of the molecule is COc1ccc(C(O)C(F)(F)C(=O)c2ccccc2)cc1[N+](=O)[O-]. The van der Waals surface area contributed by atoms with Gasteiger partial charge in [0.2, 0.25) is 5.78 Å². The van der Waals surface area contributed by atoms with Crippen molar-refractivity contribution in [2.24, 2.45) is 0 Å². The average Bonchev–Trinajstić information content (AvgIpc) is 2.60. The molecule has 0 amide bonds. The second-order valence-electron chi connectivity index (χ2n) is 4.91. The molecule has 0 fully saturated rings. The molecule has 1 unspecified atom stereocenters. The number of hydrogen-bond donors (Lipinski definition) is 1. The number of carbonyl (C=O) groups is 1. The minimum absolute atomic E-state index is 0.145. The molecule has 0 spiro atoms. The van der Waals surface area contributed by atoms with Gasteiger partial charge in [-0.3, -0.25) is 14.9 Å². The third kappa shape index (κ3) is 3.23. The molecule has 8 heteroatoms. The molecule has 1 N–H and O–H groups in total. The second kappa shape index (κ2) is 6.71. The molecule has 2 rings (SSSR count). The van der Waals surface area contributed by atoms with Gasteiger partial charge in [-0.2, -0.15) is 8.78 Å². The monoisotopic (exact) mass is 337 g/mol. The summed E-state index contributed by atoms with van der Waals surface area (Å²) in [7, 11) is 1.19. The van der Waals surface area contributed by atoms with Crippen molar-refractivity contribution in [1.82, 2.24) is 0 Å². The van der Waals surface area contributed by atoms with E-state index in [1.165, 1.54) is 31.4 Å². The lowest BCUT2D eigenvalue weighted by Crippen LogP contribution is -2.36. The van der Waals surface area contributed by atoms with Gasteiger partial charge in [0, 0.05) is 11.6 Å². The van der Waals surface area contributed by atoms with E-state index in [9.17, 15) is 28.8 Å². The number of ether oxygens (including phenoxy) is 1. The Labute approximate surface area is 135 Å². The summed E-state index contributed by atoms with van der Waals surface area (Å²) in [6.45, 7) is 0. The van der Waals surface area contributed by atoms with E-state index in [4.69, 9.17) is 4.74 Å². The summed E-state index contributed by atoms with van der Waals surface area (Å²) in [6.07, 6.45) is -2.53. The van der Waals surface area contributed by atoms with E-state index in [0.29, 0.717) is 0 Å². The number of nitrogens with zero attached hydrogens (tertiary/aromatic N) is 1. The summed E-state index contributed by atoms with van der Waals surface area (Å²) in [5.74, 6) is -5.87. The normalized spacial score (nSPS) is 12.5. The van der Waals surface area contributed by atoms with Crippen molar-refractivity contribution in [3.63, 3.8) is 0 Å². The molecule has 0 saturated heterocycles. The highest BCUT2D eigenvalue weighted by atomic mass is 19.3. The first-order valence-electron chi connectivity index (χ1n) is 6.77. The van der Waals surface area contributed by atoms with Gasteiger partial charge >= 0.3 is 11.6 Å². The van der Waals surface area contributed by atoms with E-state index in [2.05, 4.69) is 0 Å². The van der Waals surface area contributed by atoms with Crippen LogP contribution in [0.15, 0.2) is 48.5 Å². The number of halogens is 2. The topological polar surface area (TPSA) is 89.7 Å². The van der Waals surface area contributed by atoms with Crippen LogP contribution in [0.2, 0.25) is 0 Å². The number of carbonyl (C=O) groups excluding carboxylic acids is 1. The van der Waals surface area contributed by atoms with E-state index >= 15 is 0 Å². The quantitative estimate of drug-likeness (QED) is 0.497. The molecular weight excluding hydrogens is 324 g/mol. The molecule has 0 radical (unpaired) electrons. The number of Topliss-reactive ketones (excluding diaryl/α,β-unsaturated/α-hetero) is 1. The van der Waals surface area contributed by atoms with Crippen LogP contribution in [0.25, 0.3) is 0 Å². The Bertz CT molecular complexity index is 764. The van der Waals surface area contributed by atoms with Crippen LogP contribution in [-0.2, 0) is 0 Å². The molecule has 24 heavy (non-hydrogen) atoms. The van der Waals surface area contributed by atoms with Gasteiger partial charge in [-0.15, -0.1) is 0 Å². The Balaban J connectivity index is 2.39. The van der Waals surface area contributed by atoms with Crippen molar-refractivity contribution < 1.29 is 28.3 Å². The molecule has 0 aliphatic rings. The summed E-state index contributed by atoms with van der Waals surface area (Å²) in [6, 6.07) is 9.65. The van der Waals surface area contributed by atoms with Gasteiger partial charge in [0.25, 0.3) is 0 Å². The number of methoxy groups -OCH3 is 1. The molecule has 2 aromatic carbocycles. The number of rotatable bonds is 6. The van der Waals surface area contributed by atoms with Gasteiger partial charge in [-0.1, -0.05) is 36.4 Å². The number of aliphatic hydroxyl groups excluding tert-OH is 1. The maximum absolute atomic E-state index is 14.3. The Morgan fingerprint density at radius 1 is 1.25 bits per heavy atom. The molecule has 0 aliphatic carbocycles. The van der Waals surface area contributed by atoms with Gasteiger partial charge in [-0.05, 0) is 11.6 Å². The van der Waals surface area contributed by atoms with Crippen molar-refractivity contribution in [2.75, 3.05) is 7.11 Å². The van der Waals surface area contributed by atoms with Crippen LogP contribution in [0.3, 0.4) is 0 Å². The van der Waals surface area contributed by atoms with Crippen LogP contribution in [0.1, 0.15) is 22.0 Å². The van der Waals surface area contributed by atoms with Crippen molar-refractivity contribution in [3.05, 3.63) is 69.8 Å². The largest absolute Gasteiger partial charge is 0.490 e. The van der Waals surface area contributed by atoms with Crippen molar-refractivity contribution in [3.8, 4) is 5.75 Å². The fraction of sp³-hybridized carbons (Fsp3) is 0.188. The zero-order valence-electron chi connectivity index (χ0n) is 12.5. The van der Waals surface area contributed by atoms with E-state index in [1.54, 1.807) is 6.07 Å².